The molecular weight excluding hydrogens is 227 g/mol. The van der Waals surface area contributed by atoms with Crippen LogP contribution >= 0.6 is 8.25 Å². The van der Waals surface area contributed by atoms with Gasteiger partial charge in [-0.25, -0.2) is 0 Å². The van der Waals surface area contributed by atoms with E-state index in [4.69, 9.17) is 9.42 Å². The summed E-state index contributed by atoms with van der Waals surface area (Å²) in [5.41, 5.74) is -1.73. The van der Waals surface area contributed by atoms with Crippen LogP contribution in [0.25, 0.3) is 0 Å². The summed E-state index contributed by atoms with van der Waals surface area (Å²) in [5, 5.41) is 0. The quantitative estimate of drug-likeness (QED) is 0.703. The summed E-state index contributed by atoms with van der Waals surface area (Å²) < 4.78 is 15.4. The maximum atomic E-state index is 12.2. The summed E-state index contributed by atoms with van der Waals surface area (Å²) >= 11 is 0. The van der Waals surface area contributed by atoms with Gasteiger partial charge in [-0.3, -0.25) is 4.79 Å². The normalized spacial score (nSPS) is 13.8. The minimum absolute atomic E-state index is 0.133. The third kappa shape index (κ3) is 4.69. The summed E-state index contributed by atoms with van der Waals surface area (Å²) in [6.07, 6.45) is 2.74. The zero-order valence-corrected chi connectivity index (χ0v) is 11.6. The van der Waals surface area contributed by atoms with Crippen molar-refractivity contribution in [3.05, 3.63) is 0 Å². The van der Waals surface area contributed by atoms with Gasteiger partial charge in [-0.1, -0.05) is 33.6 Å². The number of ketones is 1. The van der Waals surface area contributed by atoms with Gasteiger partial charge < -0.3 is 0 Å². The topological polar surface area (TPSA) is 63.6 Å². The van der Waals surface area contributed by atoms with E-state index in [9.17, 15) is 9.36 Å². The zero-order valence-electron chi connectivity index (χ0n) is 10.7. The van der Waals surface area contributed by atoms with Crippen LogP contribution in [0.15, 0.2) is 0 Å². The molecule has 0 fully saturated rings. The Morgan fingerprint density at radius 3 is 2.19 bits per heavy atom. The van der Waals surface area contributed by atoms with Gasteiger partial charge in [0.25, 0.3) is 0 Å². The molecule has 0 spiro atoms. The summed E-state index contributed by atoms with van der Waals surface area (Å²) in [7, 11) is -2.75. The van der Waals surface area contributed by atoms with Crippen LogP contribution in [0.4, 0.5) is 0 Å². The molecule has 1 N–H and O–H groups in total. The molecule has 0 amide bonds. The molecule has 5 heteroatoms. The monoisotopic (exact) mass is 249 g/mol. The molecule has 0 saturated carbocycles. The molecule has 0 aromatic carbocycles. The molecule has 94 valence electrons. The van der Waals surface area contributed by atoms with E-state index in [0.29, 0.717) is 0 Å². The van der Waals surface area contributed by atoms with E-state index in [0.717, 1.165) is 19.3 Å². The lowest BCUT2D eigenvalue weighted by atomic mass is 9.77. The van der Waals surface area contributed by atoms with Crippen molar-refractivity contribution in [3.63, 3.8) is 0 Å². The second kappa shape index (κ2) is 5.85. The van der Waals surface area contributed by atoms with Crippen LogP contribution in [0, 0.1) is 5.41 Å². The number of carbonyl (C=O) groups excluding carboxylic acids is 1. The fourth-order valence-electron chi connectivity index (χ4n) is 1.78. The molecule has 1 unspecified atom stereocenters. The van der Waals surface area contributed by atoms with Crippen molar-refractivity contribution in [2.75, 3.05) is 0 Å². The largest absolute Gasteiger partial charge is 0.695 e. The smallest absolute Gasteiger partial charge is 0.296 e. The van der Waals surface area contributed by atoms with Gasteiger partial charge in [0.2, 0.25) is 0 Å². The van der Waals surface area contributed by atoms with Gasteiger partial charge in [-0.05, 0) is 20.3 Å². The Kier molecular flexibility index (Phi) is 5.74. The van der Waals surface area contributed by atoms with Gasteiger partial charge >= 0.3 is 8.25 Å². The van der Waals surface area contributed by atoms with Crippen molar-refractivity contribution in [2.45, 2.75) is 59.5 Å². The first kappa shape index (κ1) is 15.7. The van der Waals surface area contributed by atoms with Gasteiger partial charge in [0.1, 0.15) is 0 Å². The summed E-state index contributed by atoms with van der Waals surface area (Å²) in [6.45, 7) is 8.83. The summed E-state index contributed by atoms with van der Waals surface area (Å²) in [6, 6.07) is 0. The molecule has 1 atom stereocenters. The Hall–Kier alpha value is -0.310. The van der Waals surface area contributed by atoms with E-state index in [2.05, 4.69) is 6.92 Å². The first-order valence-corrected chi connectivity index (χ1v) is 6.66. The molecule has 0 aliphatic rings. The molecule has 0 aromatic rings. The number of rotatable bonds is 7. The number of carbonyl (C=O) groups is 1. The Morgan fingerprint density at radius 2 is 1.81 bits per heavy atom. The fraction of sp³-hybridized carbons (Fsp3) is 0.909. The highest BCUT2D eigenvalue weighted by Crippen LogP contribution is 2.35. The minimum atomic E-state index is -2.75. The number of hydrogen-bond acceptors (Lipinski definition) is 3. The fourth-order valence-corrected chi connectivity index (χ4v) is 2.26. The number of Topliss-reactive ketones (excluding diaryl/α,β-unsaturated/α-hetero) is 1. The van der Waals surface area contributed by atoms with E-state index < -0.39 is 19.3 Å². The van der Waals surface area contributed by atoms with Gasteiger partial charge in [0.15, 0.2) is 11.4 Å². The SMILES string of the molecule is CCCCC(C)(C)C(=O)C(C)(C)O[P+](=O)O. The molecule has 0 heterocycles. The van der Waals surface area contributed by atoms with Crippen molar-refractivity contribution < 1.29 is 18.8 Å². The molecule has 0 bridgehead atoms. The maximum absolute atomic E-state index is 12.2. The molecule has 0 saturated heterocycles. The van der Waals surface area contributed by atoms with Crippen LogP contribution in [-0.4, -0.2) is 16.3 Å². The van der Waals surface area contributed by atoms with Crippen molar-refractivity contribution >= 4 is 14.0 Å². The molecule has 16 heavy (non-hydrogen) atoms. The Morgan fingerprint density at radius 1 is 1.31 bits per heavy atom. The van der Waals surface area contributed by atoms with Crippen molar-refractivity contribution in [2.24, 2.45) is 5.41 Å². The Balaban J connectivity index is 4.68. The molecule has 4 nitrogen and oxygen atoms in total. The van der Waals surface area contributed by atoms with Crippen LogP contribution in [0.1, 0.15) is 53.9 Å². The Labute approximate surface area is 98.3 Å². The van der Waals surface area contributed by atoms with Crippen molar-refractivity contribution in [3.8, 4) is 0 Å². The van der Waals surface area contributed by atoms with Crippen LogP contribution in [0.3, 0.4) is 0 Å². The Bertz CT molecular complexity index is 271. The lowest BCUT2D eigenvalue weighted by Gasteiger charge is -2.29. The lowest BCUT2D eigenvalue weighted by molar-refractivity contribution is -0.141. The van der Waals surface area contributed by atoms with Gasteiger partial charge in [-0.2, -0.15) is 0 Å². The molecule has 0 radical (unpaired) electrons. The van der Waals surface area contributed by atoms with Crippen molar-refractivity contribution in [1.82, 2.24) is 0 Å². The third-order valence-corrected chi connectivity index (χ3v) is 3.24. The minimum Gasteiger partial charge on any atom is -0.296 e. The maximum Gasteiger partial charge on any atom is 0.695 e. The molecule has 0 aliphatic carbocycles. The third-order valence-electron chi connectivity index (χ3n) is 2.62. The van der Waals surface area contributed by atoms with E-state index in [1.54, 1.807) is 0 Å². The number of hydrogen-bond donors (Lipinski definition) is 1. The van der Waals surface area contributed by atoms with E-state index in [1.807, 2.05) is 13.8 Å². The first-order valence-electron chi connectivity index (χ1n) is 5.53. The highest BCUT2D eigenvalue weighted by atomic mass is 31.1. The van der Waals surface area contributed by atoms with E-state index >= 15 is 0 Å². The first-order chi connectivity index (χ1) is 7.13. The highest BCUT2D eigenvalue weighted by molar-refractivity contribution is 7.32. The summed E-state index contributed by atoms with van der Waals surface area (Å²) in [4.78, 5) is 20.9. The zero-order chi connectivity index (χ0) is 13.0. The standard InChI is InChI=1S/C11H21O4P/c1-6-7-8-10(2,3)9(12)11(4,5)15-16(13)14/h6-8H2,1-5H3/p+1. The molecular formula is C11H22O4P+. The van der Waals surface area contributed by atoms with Gasteiger partial charge in [-0.15, -0.1) is 9.42 Å². The highest BCUT2D eigenvalue weighted by Gasteiger charge is 2.45. The van der Waals surface area contributed by atoms with Crippen molar-refractivity contribution in [1.29, 1.82) is 0 Å². The molecule has 0 aliphatic heterocycles. The molecule has 0 aromatic heterocycles. The van der Waals surface area contributed by atoms with Crippen LogP contribution in [0.5, 0.6) is 0 Å². The average molecular weight is 249 g/mol. The van der Waals surface area contributed by atoms with Gasteiger partial charge in [0.05, 0.1) is 0 Å². The number of unbranched alkanes of at least 4 members (excludes halogenated alkanes) is 1. The van der Waals surface area contributed by atoms with E-state index in [-0.39, 0.29) is 5.78 Å². The van der Waals surface area contributed by atoms with Crippen LogP contribution in [0.2, 0.25) is 0 Å². The average Bonchev–Trinajstić information content (AvgIpc) is 2.11. The second-order valence-corrected chi connectivity index (χ2v) is 5.81. The lowest BCUT2D eigenvalue weighted by Crippen LogP contribution is -2.42. The van der Waals surface area contributed by atoms with Crippen LogP contribution < -0.4 is 0 Å². The molecule has 0 rings (SSSR count). The predicted octanol–water partition coefficient (Wildman–Crippen LogP) is 3.22. The predicted molar refractivity (Wildman–Crippen MR) is 63.3 cm³/mol. The second-order valence-electron chi connectivity index (χ2n) is 5.16. The van der Waals surface area contributed by atoms with Gasteiger partial charge in [0, 0.05) is 9.98 Å². The summed E-state index contributed by atoms with van der Waals surface area (Å²) in [5.74, 6) is -0.133. The van der Waals surface area contributed by atoms with Crippen LogP contribution in [-0.2, 0) is 13.9 Å². The van der Waals surface area contributed by atoms with E-state index in [1.165, 1.54) is 13.8 Å².